The fraction of sp³-hybridized carbons (Fsp3) is 0.727. The van der Waals surface area contributed by atoms with Gasteiger partial charge in [-0.3, -0.25) is 14.4 Å². The van der Waals surface area contributed by atoms with Gasteiger partial charge in [-0.1, -0.05) is 24.5 Å². The summed E-state index contributed by atoms with van der Waals surface area (Å²) in [6.07, 6.45) is 1.65. The summed E-state index contributed by atoms with van der Waals surface area (Å²) in [5.74, 6) is -2.24. The summed E-state index contributed by atoms with van der Waals surface area (Å²) in [7, 11) is 0. The second-order valence-corrected chi connectivity index (χ2v) is 10.3. The zero-order valence-corrected chi connectivity index (χ0v) is 22.2. The summed E-state index contributed by atoms with van der Waals surface area (Å²) in [6.45, 7) is 2.60. The lowest BCUT2D eigenvalue weighted by molar-refractivity contribution is -0.143. The smallest absolute Gasteiger partial charge is 0.404 e. The number of nitrogens with zero attached hydrogens (tertiary/aromatic N) is 4. The topological polar surface area (TPSA) is 242 Å². The van der Waals surface area contributed by atoms with Gasteiger partial charge in [-0.2, -0.15) is 0 Å². The number of nitrogens with one attached hydrogen (secondary N) is 1. The first-order chi connectivity index (χ1) is 17.3. The molecule has 0 aromatic carbocycles. The number of hydrogen-bond acceptors (Lipinski definition) is 10. The summed E-state index contributed by atoms with van der Waals surface area (Å²) < 4.78 is 6.11. The number of amides is 4. The first kappa shape index (κ1) is 31.2. The number of carbonyl (C=O) groups is 4. The third-order valence-electron chi connectivity index (χ3n) is 7.05. The predicted molar refractivity (Wildman–Crippen MR) is 134 cm³/mol. The van der Waals surface area contributed by atoms with Gasteiger partial charge in [0.2, 0.25) is 17.7 Å². The number of hydrogen-bond donors (Lipinski definition) is 6. The molecule has 1 aliphatic carbocycles. The summed E-state index contributed by atoms with van der Waals surface area (Å²) in [5.41, 5.74) is 14.1. The largest absolute Gasteiger partial charge is 0.447 e. The van der Waals surface area contributed by atoms with E-state index in [1.807, 2.05) is 0 Å². The SMILES string of the molecule is CC(C)(O)c1cnnn1[C@H]1C[C@@H](C(=O)NC2(C(O)C(N)=O)CCCCC2)N(C(=O)[C@H](N)COC(N)=O)C1.Cl. The number of aliphatic hydroxyl groups excluding tert-OH is 1. The second-order valence-electron chi connectivity index (χ2n) is 10.3. The number of rotatable bonds is 9. The van der Waals surface area contributed by atoms with Crippen molar-refractivity contribution in [3.8, 4) is 0 Å². The molecule has 0 bridgehead atoms. The highest BCUT2D eigenvalue weighted by molar-refractivity contribution is 5.91. The standard InChI is InChI=1S/C22H36N8O7.ClH/c1-21(2,36)15-9-26-28-30(15)12-8-14(29(10-12)19(34)13(23)11-37-20(25)35)18(33)27-22(16(31)17(24)32)6-4-3-5-7-22;/h9,12-14,16,31,36H,3-8,10-11,23H2,1-2H3,(H2,24,32)(H2,25,35)(H,27,33);1H/t12-,13+,14-,16?;/m0./s1. The molecule has 9 N–H and O–H groups in total. The lowest BCUT2D eigenvalue weighted by Crippen LogP contribution is -2.64. The van der Waals surface area contributed by atoms with E-state index in [1.54, 1.807) is 13.8 Å². The van der Waals surface area contributed by atoms with Crippen molar-refractivity contribution in [3.63, 3.8) is 0 Å². The molecule has 1 unspecified atom stereocenters. The molecule has 214 valence electrons. The highest BCUT2D eigenvalue weighted by Crippen LogP contribution is 2.34. The fourth-order valence-electron chi connectivity index (χ4n) is 5.14. The molecule has 1 saturated heterocycles. The highest BCUT2D eigenvalue weighted by atomic mass is 35.5. The number of nitrogens with two attached hydrogens (primary N) is 3. The van der Waals surface area contributed by atoms with Crippen LogP contribution in [-0.4, -0.2) is 90.8 Å². The van der Waals surface area contributed by atoms with Crippen molar-refractivity contribution >= 4 is 36.2 Å². The van der Waals surface area contributed by atoms with Gasteiger partial charge in [0.15, 0.2) is 6.10 Å². The lowest BCUT2D eigenvalue weighted by Gasteiger charge is -2.41. The molecule has 3 rings (SSSR count). The van der Waals surface area contributed by atoms with Crippen LogP contribution in [0.3, 0.4) is 0 Å². The average molecular weight is 561 g/mol. The van der Waals surface area contributed by atoms with E-state index < -0.39 is 65.8 Å². The van der Waals surface area contributed by atoms with Crippen molar-refractivity contribution in [3.05, 3.63) is 11.9 Å². The monoisotopic (exact) mass is 560 g/mol. The van der Waals surface area contributed by atoms with E-state index in [0.29, 0.717) is 31.4 Å². The van der Waals surface area contributed by atoms with Gasteiger partial charge >= 0.3 is 6.09 Å². The number of primary amides is 2. The number of aromatic nitrogens is 3. The van der Waals surface area contributed by atoms with Crippen molar-refractivity contribution in [2.75, 3.05) is 13.2 Å². The Bertz CT molecular complexity index is 1020. The maximum Gasteiger partial charge on any atom is 0.404 e. The van der Waals surface area contributed by atoms with Gasteiger partial charge < -0.3 is 42.4 Å². The van der Waals surface area contributed by atoms with Crippen LogP contribution in [0.5, 0.6) is 0 Å². The quantitative estimate of drug-likeness (QED) is 0.197. The first-order valence-electron chi connectivity index (χ1n) is 12.2. The van der Waals surface area contributed by atoms with Crippen LogP contribution < -0.4 is 22.5 Å². The van der Waals surface area contributed by atoms with E-state index in [9.17, 15) is 29.4 Å². The second kappa shape index (κ2) is 12.2. The zero-order valence-electron chi connectivity index (χ0n) is 21.4. The van der Waals surface area contributed by atoms with Crippen molar-refractivity contribution < 1.29 is 34.1 Å². The maximum absolute atomic E-state index is 13.6. The Morgan fingerprint density at radius 1 is 1.24 bits per heavy atom. The molecule has 1 saturated carbocycles. The molecular formula is C22H37ClN8O7. The van der Waals surface area contributed by atoms with Gasteiger partial charge in [-0.15, -0.1) is 17.5 Å². The highest BCUT2D eigenvalue weighted by Gasteiger charge is 2.48. The minimum Gasteiger partial charge on any atom is -0.447 e. The molecule has 2 heterocycles. The maximum atomic E-state index is 13.6. The minimum atomic E-state index is -1.61. The molecule has 1 aromatic rings. The van der Waals surface area contributed by atoms with Crippen LogP contribution in [0, 0.1) is 0 Å². The molecule has 0 radical (unpaired) electrons. The molecular weight excluding hydrogens is 524 g/mol. The van der Waals surface area contributed by atoms with Crippen LogP contribution in [-0.2, 0) is 24.7 Å². The Morgan fingerprint density at radius 2 is 1.87 bits per heavy atom. The molecule has 0 spiro atoms. The summed E-state index contributed by atoms with van der Waals surface area (Å²) >= 11 is 0. The molecule has 16 heteroatoms. The van der Waals surface area contributed by atoms with Crippen molar-refractivity contribution in [1.29, 1.82) is 0 Å². The fourth-order valence-corrected chi connectivity index (χ4v) is 5.14. The van der Waals surface area contributed by atoms with Gasteiger partial charge in [-0.25, -0.2) is 9.48 Å². The Balaban J connectivity index is 0.00000507. The number of carbonyl (C=O) groups excluding carboxylic acids is 4. The molecule has 15 nitrogen and oxygen atoms in total. The Kier molecular flexibility index (Phi) is 10.0. The number of likely N-dealkylation sites (tertiary alicyclic amines) is 1. The average Bonchev–Trinajstić information content (AvgIpc) is 3.49. The van der Waals surface area contributed by atoms with Gasteiger partial charge in [0.05, 0.1) is 23.5 Å². The molecule has 4 amide bonds. The molecule has 1 aromatic heterocycles. The van der Waals surface area contributed by atoms with Crippen molar-refractivity contribution in [1.82, 2.24) is 25.2 Å². The summed E-state index contributed by atoms with van der Waals surface area (Å²) in [6, 6.07) is -2.93. The molecule has 4 atom stereocenters. The van der Waals surface area contributed by atoms with E-state index in [4.69, 9.17) is 17.2 Å². The number of aliphatic hydroxyl groups is 2. The van der Waals surface area contributed by atoms with E-state index in [1.165, 1.54) is 15.8 Å². The van der Waals surface area contributed by atoms with Crippen LogP contribution in [0.25, 0.3) is 0 Å². The van der Waals surface area contributed by atoms with Gasteiger partial charge in [0, 0.05) is 13.0 Å². The number of halogens is 1. The number of ether oxygens (including phenoxy) is 1. The van der Waals surface area contributed by atoms with Gasteiger partial charge in [-0.05, 0) is 26.7 Å². The first-order valence-corrected chi connectivity index (χ1v) is 12.2. The van der Waals surface area contributed by atoms with Crippen molar-refractivity contribution in [2.24, 2.45) is 17.2 Å². The van der Waals surface area contributed by atoms with E-state index in [0.717, 1.165) is 6.42 Å². The van der Waals surface area contributed by atoms with Crippen LogP contribution in [0.4, 0.5) is 4.79 Å². The lowest BCUT2D eigenvalue weighted by atomic mass is 9.77. The van der Waals surface area contributed by atoms with E-state index in [-0.39, 0.29) is 25.4 Å². The van der Waals surface area contributed by atoms with Crippen LogP contribution in [0.15, 0.2) is 6.20 Å². The van der Waals surface area contributed by atoms with Crippen LogP contribution in [0.1, 0.15) is 64.1 Å². The van der Waals surface area contributed by atoms with E-state index in [2.05, 4.69) is 20.4 Å². The Morgan fingerprint density at radius 3 is 2.42 bits per heavy atom. The Hall–Kier alpha value is -3.01. The Labute approximate surface area is 225 Å². The summed E-state index contributed by atoms with van der Waals surface area (Å²) in [5, 5.41) is 31.9. The van der Waals surface area contributed by atoms with E-state index >= 15 is 0 Å². The minimum absolute atomic E-state index is 0. The zero-order chi connectivity index (χ0) is 27.5. The third kappa shape index (κ3) is 6.70. The van der Waals surface area contributed by atoms with Crippen LogP contribution in [0.2, 0.25) is 0 Å². The third-order valence-corrected chi connectivity index (χ3v) is 7.05. The molecule has 1 aliphatic heterocycles. The molecule has 38 heavy (non-hydrogen) atoms. The predicted octanol–water partition coefficient (Wildman–Crippen LogP) is -1.84. The van der Waals surface area contributed by atoms with Gasteiger partial charge in [0.25, 0.3) is 0 Å². The van der Waals surface area contributed by atoms with Gasteiger partial charge in [0.1, 0.15) is 24.3 Å². The molecule has 2 fully saturated rings. The summed E-state index contributed by atoms with van der Waals surface area (Å²) in [4.78, 5) is 51.0. The van der Waals surface area contributed by atoms with Crippen LogP contribution >= 0.6 is 12.4 Å². The normalized spacial score (nSPS) is 22.6. The molecule has 2 aliphatic rings. The van der Waals surface area contributed by atoms with Crippen molar-refractivity contribution in [2.45, 2.75) is 87.7 Å².